The van der Waals surface area contributed by atoms with Crippen molar-refractivity contribution in [3.63, 3.8) is 0 Å². The van der Waals surface area contributed by atoms with Gasteiger partial charge in [0.25, 0.3) is 0 Å². The maximum atomic E-state index is 9.97. The molecule has 0 radical (unpaired) electrons. The van der Waals surface area contributed by atoms with E-state index in [0.717, 1.165) is 0 Å². The summed E-state index contributed by atoms with van der Waals surface area (Å²) in [5.74, 6) is 0. The van der Waals surface area contributed by atoms with Crippen LogP contribution in [0.5, 0.6) is 0 Å². The van der Waals surface area contributed by atoms with Crippen LogP contribution in [0.15, 0.2) is 4.99 Å². The smallest absolute Gasteiger partial charge is 0.367 e. The van der Waals surface area contributed by atoms with E-state index in [1.165, 1.54) is 6.08 Å². The molecule has 17 heavy (non-hydrogen) atoms. The molecule has 7 heteroatoms. The third kappa shape index (κ3) is 8.20. The topological polar surface area (TPSA) is 77.3 Å². The Balaban J connectivity index is 4.02. The predicted octanol–water partition coefficient (Wildman–Crippen LogP) is 1.01. The van der Waals surface area contributed by atoms with Gasteiger partial charge in [0.2, 0.25) is 6.08 Å². The molecule has 1 N–H and O–H groups in total. The summed E-state index contributed by atoms with van der Waals surface area (Å²) in [5.41, 5.74) is 0. The first-order valence-electron chi connectivity index (χ1n) is 5.79. The molecule has 0 fully saturated rings. The van der Waals surface area contributed by atoms with Crippen LogP contribution in [0.25, 0.3) is 0 Å². The average molecular weight is 263 g/mol. The third-order valence-corrected chi connectivity index (χ3v) is 3.96. The van der Waals surface area contributed by atoms with E-state index in [9.17, 15) is 9.59 Å². The van der Waals surface area contributed by atoms with Crippen molar-refractivity contribution >= 4 is 15.1 Å². The van der Waals surface area contributed by atoms with Crippen molar-refractivity contribution in [3.05, 3.63) is 0 Å². The van der Waals surface area contributed by atoms with E-state index < -0.39 is 9.05 Å². The largest absolute Gasteiger partial charge is 0.677 e. The normalized spacial score (nSPS) is 13.2. The molecule has 6 nitrogen and oxygen atoms in total. The standard InChI is InChI=1S/C10H21NO5Si/c1-4-14-17(13,15-5-2)16-10(3)7-6-8-11-9-12/h10,13H,4-8H2,1-3H3. The lowest BCUT2D eigenvalue weighted by Gasteiger charge is -2.25. The van der Waals surface area contributed by atoms with Crippen molar-refractivity contribution in [2.75, 3.05) is 19.8 Å². The van der Waals surface area contributed by atoms with Crippen molar-refractivity contribution in [1.82, 2.24) is 0 Å². The Morgan fingerprint density at radius 1 is 1.35 bits per heavy atom. The molecule has 0 heterocycles. The van der Waals surface area contributed by atoms with Gasteiger partial charge in [0.1, 0.15) is 0 Å². The summed E-state index contributed by atoms with van der Waals surface area (Å²) in [4.78, 5) is 23.3. The van der Waals surface area contributed by atoms with Gasteiger partial charge < -0.3 is 18.1 Å². The SMILES string of the molecule is CCO[Si](O)(OCC)OC(C)CCCN=C=O. The summed E-state index contributed by atoms with van der Waals surface area (Å²) < 4.78 is 15.7. The van der Waals surface area contributed by atoms with Gasteiger partial charge in [-0.05, 0) is 33.6 Å². The van der Waals surface area contributed by atoms with Gasteiger partial charge in [-0.1, -0.05) is 0 Å². The van der Waals surface area contributed by atoms with E-state index in [4.69, 9.17) is 13.3 Å². The molecule has 0 aliphatic carbocycles. The molecule has 0 aromatic heterocycles. The highest BCUT2D eigenvalue weighted by Crippen LogP contribution is 2.12. The number of nitrogens with zero attached hydrogens (tertiary/aromatic N) is 1. The lowest BCUT2D eigenvalue weighted by molar-refractivity contribution is -0.0258. The summed E-state index contributed by atoms with van der Waals surface area (Å²) in [6, 6.07) is 0. The zero-order valence-corrected chi connectivity index (χ0v) is 11.6. The van der Waals surface area contributed by atoms with Gasteiger partial charge in [0.15, 0.2) is 0 Å². The van der Waals surface area contributed by atoms with Crippen molar-refractivity contribution in [1.29, 1.82) is 0 Å². The lowest BCUT2D eigenvalue weighted by atomic mass is 10.2. The number of rotatable bonds is 10. The molecule has 1 unspecified atom stereocenters. The van der Waals surface area contributed by atoms with Crippen LogP contribution in [0, 0.1) is 0 Å². The molecule has 0 aromatic rings. The van der Waals surface area contributed by atoms with E-state index in [-0.39, 0.29) is 6.10 Å². The van der Waals surface area contributed by atoms with Gasteiger partial charge in [-0.15, -0.1) is 0 Å². The van der Waals surface area contributed by atoms with Crippen LogP contribution >= 0.6 is 0 Å². The highest BCUT2D eigenvalue weighted by Gasteiger charge is 2.42. The molecule has 0 spiro atoms. The van der Waals surface area contributed by atoms with Crippen LogP contribution in [-0.4, -0.2) is 45.8 Å². The number of aliphatic imine (C=N–C) groups is 1. The van der Waals surface area contributed by atoms with Crippen molar-refractivity contribution in [2.45, 2.75) is 39.7 Å². The molecular formula is C10H21NO5Si. The third-order valence-electron chi connectivity index (χ3n) is 1.95. The van der Waals surface area contributed by atoms with E-state index in [2.05, 4.69) is 4.99 Å². The Bertz CT molecular complexity index is 239. The second kappa shape index (κ2) is 9.47. The van der Waals surface area contributed by atoms with Gasteiger partial charge in [0, 0.05) is 19.3 Å². The second-order valence-electron chi connectivity index (χ2n) is 3.43. The Kier molecular flexibility index (Phi) is 9.15. The molecule has 0 amide bonds. The molecule has 100 valence electrons. The number of hydrogen-bond donors (Lipinski definition) is 1. The van der Waals surface area contributed by atoms with Crippen LogP contribution in [0.4, 0.5) is 0 Å². The van der Waals surface area contributed by atoms with Gasteiger partial charge in [-0.3, -0.25) is 0 Å². The van der Waals surface area contributed by atoms with Crippen molar-refractivity contribution in [3.8, 4) is 0 Å². The molecule has 0 bridgehead atoms. The van der Waals surface area contributed by atoms with E-state index in [0.29, 0.717) is 32.6 Å². The van der Waals surface area contributed by atoms with Crippen LogP contribution < -0.4 is 0 Å². The maximum Gasteiger partial charge on any atom is 0.677 e. The first kappa shape index (κ1) is 16.4. The predicted molar refractivity (Wildman–Crippen MR) is 64.0 cm³/mol. The Morgan fingerprint density at radius 3 is 2.41 bits per heavy atom. The summed E-state index contributed by atoms with van der Waals surface area (Å²) in [6.07, 6.45) is 2.63. The van der Waals surface area contributed by atoms with Gasteiger partial charge in [0.05, 0.1) is 6.54 Å². The van der Waals surface area contributed by atoms with E-state index in [1.807, 2.05) is 6.92 Å². The quantitative estimate of drug-likeness (QED) is 0.275. The van der Waals surface area contributed by atoms with Crippen molar-refractivity contribution in [2.24, 2.45) is 4.99 Å². The minimum Gasteiger partial charge on any atom is -0.367 e. The fourth-order valence-electron chi connectivity index (χ4n) is 1.29. The summed E-state index contributed by atoms with van der Waals surface area (Å²) in [7, 11) is -3.49. The minimum absolute atomic E-state index is 0.202. The minimum atomic E-state index is -3.49. The molecule has 0 saturated heterocycles. The van der Waals surface area contributed by atoms with Gasteiger partial charge in [-0.25, -0.2) is 9.79 Å². The first-order chi connectivity index (χ1) is 8.08. The first-order valence-corrected chi connectivity index (χ1v) is 7.46. The number of isocyanates is 1. The van der Waals surface area contributed by atoms with Gasteiger partial charge in [-0.2, -0.15) is 0 Å². The zero-order chi connectivity index (χ0) is 13.1. The molecule has 1 atom stereocenters. The molecular weight excluding hydrogens is 242 g/mol. The highest BCUT2D eigenvalue weighted by molar-refractivity contribution is 6.51. The average Bonchev–Trinajstić information content (AvgIpc) is 2.24. The van der Waals surface area contributed by atoms with E-state index in [1.54, 1.807) is 13.8 Å². The fraction of sp³-hybridized carbons (Fsp3) is 0.900. The van der Waals surface area contributed by atoms with Crippen LogP contribution in [0.2, 0.25) is 0 Å². The van der Waals surface area contributed by atoms with Crippen LogP contribution in [0.1, 0.15) is 33.6 Å². The molecule has 0 aliphatic heterocycles. The molecule has 0 saturated carbocycles. The highest BCUT2D eigenvalue weighted by atomic mass is 28.4. The van der Waals surface area contributed by atoms with Crippen molar-refractivity contribution < 1.29 is 22.9 Å². The number of carbonyl (C=O) groups excluding carboxylic acids is 1. The zero-order valence-electron chi connectivity index (χ0n) is 10.6. The summed E-state index contributed by atoms with van der Waals surface area (Å²) in [6.45, 7) is 6.45. The van der Waals surface area contributed by atoms with Crippen LogP contribution in [0.3, 0.4) is 0 Å². The molecule has 0 aromatic carbocycles. The summed E-state index contributed by atoms with van der Waals surface area (Å²) >= 11 is 0. The Hall–Kier alpha value is -0.563. The maximum absolute atomic E-state index is 9.97. The summed E-state index contributed by atoms with van der Waals surface area (Å²) in [5, 5.41) is 0. The molecule has 0 aliphatic rings. The fourth-order valence-corrected chi connectivity index (χ4v) is 2.87. The molecule has 0 rings (SSSR count). The monoisotopic (exact) mass is 263 g/mol. The Morgan fingerprint density at radius 2 is 1.94 bits per heavy atom. The van der Waals surface area contributed by atoms with Crippen LogP contribution in [-0.2, 0) is 18.1 Å². The Labute approximate surface area is 103 Å². The van der Waals surface area contributed by atoms with Gasteiger partial charge >= 0.3 is 9.05 Å². The van der Waals surface area contributed by atoms with E-state index >= 15 is 0 Å². The lowest BCUT2D eigenvalue weighted by Crippen LogP contribution is -2.48. The number of hydrogen-bond acceptors (Lipinski definition) is 6. The second-order valence-corrected chi connectivity index (χ2v) is 5.29.